The topological polar surface area (TPSA) is 107 Å². The maximum absolute atomic E-state index is 12.3. The van der Waals surface area contributed by atoms with Crippen molar-refractivity contribution in [1.82, 2.24) is 14.7 Å². The molecule has 1 aliphatic heterocycles. The van der Waals surface area contributed by atoms with E-state index in [-0.39, 0.29) is 12.6 Å². The lowest BCUT2D eigenvalue weighted by atomic mass is 10.0. The quantitative estimate of drug-likeness (QED) is 0.681. The van der Waals surface area contributed by atoms with Crippen LogP contribution in [0, 0.1) is 0 Å². The molecule has 8 nitrogen and oxygen atoms in total. The molecule has 0 spiro atoms. The van der Waals surface area contributed by atoms with Crippen LogP contribution in [0.4, 0.5) is 4.79 Å². The van der Waals surface area contributed by atoms with Gasteiger partial charge in [0, 0.05) is 26.2 Å². The third-order valence-corrected chi connectivity index (χ3v) is 3.80. The van der Waals surface area contributed by atoms with Crippen LogP contribution in [0.25, 0.3) is 0 Å². The first-order valence-electron chi connectivity index (χ1n) is 7.09. The summed E-state index contributed by atoms with van der Waals surface area (Å²) in [6.07, 6.45) is 1.68. The molecular formula is C13H24N4O4. The fourth-order valence-corrected chi connectivity index (χ4v) is 2.54. The van der Waals surface area contributed by atoms with Crippen molar-refractivity contribution in [3.63, 3.8) is 0 Å². The Morgan fingerprint density at radius 3 is 2.24 bits per heavy atom. The summed E-state index contributed by atoms with van der Waals surface area (Å²) in [5.41, 5.74) is 5.07. The molecular weight excluding hydrogens is 276 g/mol. The minimum atomic E-state index is -1.17. The number of carbonyl (C=O) groups excluding carboxylic acids is 2. The molecule has 1 heterocycles. The Morgan fingerprint density at radius 1 is 1.24 bits per heavy atom. The number of rotatable bonds is 6. The van der Waals surface area contributed by atoms with Gasteiger partial charge in [-0.1, -0.05) is 6.92 Å². The molecule has 1 aliphatic rings. The second kappa shape index (κ2) is 7.82. The molecule has 0 atom stereocenters. The molecule has 0 radical (unpaired) electrons. The van der Waals surface area contributed by atoms with Gasteiger partial charge in [-0.25, -0.2) is 4.79 Å². The maximum atomic E-state index is 12.3. The summed E-state index contributed by atoms with van der Waals surface area (Å²) in [6.45, 7) is 3.98. The number of nitrogens with two attached hydrogens (primary N) is 1. The normalized spacial score (nSPS) is 16.5. The fraction of sp³-hybridized carbons (Fsp3) is 0.769. The van der Waals surface area contributed by atoms with Gasteiger partial charge in [0.25, 0.3) is 0 Å². The van der Waals surface area contributed by atoms with Gasteiger partial charge in [0.2, 0.25) is 5.91 Å². The van der Waals surface area contributed by atoms with Crippen molar-refractivity contribution in [3.05, 3.63) is 0 Å². The fourth-order valence-electron chi connectivity index (χ4n) is 2.54. The number of hydrogen-bond acceptors (Lipinski definition) is 4. The van der Waals surface area contributed by atoms with Gasteiger partial charge < -0.3 is 25.5 Å². The smallest absolute Gasteiger partial charge is 0.323 e. The zero-order chi connectivity index (χ0) is 16.0. The molecule has 0 unspecified atom stereocenters. The van der Waals surface area contributed by atoms with Gasteiger partial charge in [-0.2, -0.15) is 0 Å². The first kappa shape index (κ1) is 17.2. The molecule has 0 bridgehead atoms. The SMILES string of the molecule is CCN1CCC(N(C)C(=O)N(CC(N)=O)CC(=O)O)CC1. The van der Waals surface area contributed by atoms with Crippen LogP contribution in [0.3, 0.4) is 0 Å². The van der Waals surface area contributed by atoms with Crippen molar-refractivity contribution in [2.45, 2.75) is 25.8 Å². The first-order chi connectivity index (χ1) is 9.85. The van der Waals surface area contributed by atoms with Crippen LogP contribution in [-0.2, 0) is 9.59 Å². The van der Waals surface area contributed by atoms with Crippen LogP contribution < -0.4 is 5.73 Å². The number of amides is 3. The zero-order valence-corrected chi connectivity index (χ0v) is 12.6. The molecule has 1 fully saturated rings. The number of urea groups is 1. The Balaban J connectivity index is 2.64. The van der Waals surface area contributed by atoms with Gasteiger partial charge in [0.1, 0.15) is 13.1 Å². The lowest BCUT2D eigenvalue weighted by molar-refractivity contribution is -0.138. The maximum Gasteiger partial charge on any atom is 0.323 e. The second-order valence-corrected chi connectivity index (χ2v) is 5.28. The summed E-state index contributed by atoms with van der Waals surface area (Å²) >= 11 is 0. The molecule has 0 saturated carbocycles. The number of carboxylic acid groups (broad SMARTS) is 1. The largest absolute Gasteiger partial charge is 0.480 e. The summed E-state index contributed by atoms with van der Waals surface area (Å²) < 4.78 is 0. The van der Waals surface area contributed by atoms with E-state index in [1.807, 2.05) is 0 Å². The van der Waals surface area contributed by atoms with Gasteiger partial charge >= 0.3 is 12.0 Å². The Bertz CT molecular complexity index is 378. The Morgan fingerprint density at radius 2 is 1.81 bits per heavy atom. The summed E-state index contributed by atoms with van der Waals surface area (Å²) in [4.78, 5) is 38.9. The molecule has 3 amide bonds. The molecule has 0 aromatic heterocycles. The van der Waals surface area contributed by atoms with Crippen LogP contribution >= 0.6 is 0 Å². The number of carboxylic acids is 1. The second-order valence-electron chi connectivity index (χ2n) is 5.28. The van der Waals surface area contributed by atoms with E-state index < -0.39 is 24.5 Å². The summed E-state index contributed by atoms with van der Waals surface area (Å²) in [5, 5.41) is 8.83. The van der Waals surface area contributed by atoms with Crippen molar-refractivity contribution in [2.75, 3.05) is 39.8 Å². The van der Waals surface area contributed by atoms with Crippen LogP contribution in [0.2, 0.25) is 0 Å². The van der Waals surface area contributed by atoms with Gasteiger partial charge in [-0.15, -0.1) is 0 Å². The van der Waals surface area contributed by atoms with Crippen LogP contribution in [0.1, 0.15) is 19.8 Å². The zero-order valence-electron chi connectivity index (χ0n) is 12.6. The monoisotopic (exact) mass is 300 g/mol. The van der Waals surface area contributed by atoms with Crippen molar-refractivity contribution in [1.29, 1.82) is 0 Å². The number of primary amides is 1. The Kier molecular flexibility index (Phi) is 6.41. The molecule has 0 aromatic carbocycles. The standard InChI is InChI=1S/C13H24N4O4/c1-3-16-6-4-10(5-7-16)15(2)13(21)17(8-11(14)18)9-12(19)20/h10H,3-9H2,1-2H3,(H2,14,18)(H,19,20). The predicted molar refractivity (Wildman–Crippen MR) is 76.7 cm³/mol. The molecule has 0 aliphatic carbocycles. The lowest BCUT2D eigenvalue weighted by Crippen LogP contribution is -2.52. The Labute approximate surface area is 124 Å². The molecule has 1 rings (SSSR count). The highest BCUT2D eigenvalue weighted by molar-refractivity contribution is 5.86. The average molecular weight is 300 g/mol. The van der Waals surface area contributed by atoms with Crippen molar-refractivity contribution < 1.29 is 19.5 Å². The molecule has 21 heavy (non-hydrogen) atoms. The highest BCUT2D eigenvalue weighted by atomic mass is 16.4. The van der Waals surface area contributed by atoms with Crippen molar-refractivity contribution in [3.8, 4) is 0 Å². The number of aliphatic carboxylic acids is 1. The molecule has 3 N–H and O–H groups in total. The van der Waals surface area contributed by atoms with Crippen LogP contribution in [0.15, 0.2) is 0 Å². The average Bonchev–Trinajstić information content (AvgIpc) is 2.44. The number of hydrogen-bond donors (Lipinski definition) is 2. The van der Waals surface area contributed by atoms with Crippen molar-refractivity contribution >= 4 is 17.9 Å². The number of carbonyl (C=O) groups is 3. The summed E-state index contributed by atoms with van der Waals surface area (Å²) in [5.74, 6) is -1.89. The number of likely N-dealkylation sites (tertiary alicyclic amines) is 1. The lowest BCUT2D eigenvalue weighted by Gasteiger charge is -2.38. The van der Waals surface area contributed by atoms with Crippen molar-refractivity contribution in [2.24, 2.45) is 5.73 Å². The van der Waals surface area contributed by atoms with E-state index in [9.17, 15) is 14.4 Å². The van der Waals surface area contributed by atoms with Gasteiger partial charge in [0.05, 0.1) is 0 Å². The Hall–Kier alpha value is -1.83. The highest BCUT2D eigenvalue weighted by Crippen LogP contribution is 2.16. The predicted octanol–water partition coefficient (Wildman–Crippen LogP) is -0.606. The van der Waals surface area contributed by atoms with Gasteiger partial charge in [0.15, 0.2) is 0 Å². The summed E-state index contributed by atoms with van der Waals surface area (Å²) in [6, 6.07) is -0.407. The molecule has 8 heteroatoms. The minimum absolute atomic E-state index is 0.0597. The third-order valence-electron chi connectivity index (χ3n) is 3.80. The molecule has 0 aromatic rings. The van der Waals surface area contributed by atoms with Crippen LogP contribution in [0.5, 0.6) is 0 Å². The van der Waals surface area contributed by atoms with E-state index in [0.717, 1.165) is 37.4 Å². The molecule has 120 valence electrons. The van der Waals surface area contributed by atoms with E-state index >= 15 is 0 Å². The van der Waals surface area contributed by atoms with E-state index in [4.69, 9.17) is 10.8 Å². The summed E-state index contributed by atoms with van der Waals surface area (Å²) in [7, 11) is 1.64. The van der Waals surface area contributed by atoms with Gasteiger partial charge in [-0.3, -0.25) is 9.59 Å². The van der Waals surface area contributed by atoms with E-state index in [0.29, 0.717) is 0 Å². The minimum Gasteiger partial charge on any atom is -0.480 e. The van der Waals surface area contributed by atoms with E-state index in [1.165, 1.54) is 4.90 Å². The van der Waals surface area contributed by atoms with Crippen LogP contribution in [-0.4, -0.2) is 83.5 Å². The molecule has 1 saturated heterocycles. The first-order valence-corrected chi connectivity index (χ1v) is 7.09. The number of nitrogens with zero attached hydrogens (tertiary/aromatic N) is 3. The third kappa shape index (κ3) is 5.22. The van der Waals surface area contributed by atoms with E-state index in [2.05, 4.69) is 11.8 Å². The van der Waals surface area contributed by atoms with Gasteiger partial charge in [-0.05, 0) is 19.4 Å². The highest BCUT2D eigenvalue weighted by Gasteiger charge is 2.29. The van der Waals surface area contributed by atoms with E-state index in [1.54, 1.807) is 7.05 Å². The number of piperidine rings is 1.